The van der Waals surface area contributed by atoms with E-state index in [1.807, 2.05) is 0 Å². The molecule has 0 radical (unpaired) electrons. The maximum atomic E-state index is 12.0. The van der Waals surface area contributed by atoms with Gasteiger partial charge < -0.3 is 5.11 Å². The molecule has 0 saturated carbocycles. The molecule has 0 spiro atoms. The summed E-state index contributed by atoms with van der Waals surface area (Å²) in [6, 6.07) is 3.70. The first kappa shape index (κ1) is 14.6. The molecule has 0 unspecified atom stereocenters. The predicted octanol–water partition coefficient (Wildman–Crippen LogP) is 0.139. The number of aromatic amines is 1. The van der Waals surface area contributed by atoms with E-state index >= 15 is 0 Å². The van der Waals surface area contributed by atoms with Gasteiger partial charge in [0.2, 0.25) is 10.0 Å². The molecule has 0 bridgehead atoms. The van der Waals surface area contributed by atoms with Crippen molar-refractivity contribution in [2.45, 2.75) is 11.4 Å². The Labute approximate surface area is 121 Å². The fourth-order valence-electron chi connectivity index (χ4n) is 1.34. The van der Waals surface area contributed by atoms with Crippen LogP contribution in [0, 0.1) is 0 Å². The zero-order chi connectivity index (χ0) is 14.8. The molecular formula is C9H8BrN5O4S. The Kier molecular flexibility index (Phi) is 4.11. The summed E-state index contributed by atoms with van der Waals surface area (Å²) in [5, 5.41) is 21.6. The van der Waals surface area contributed by atoms with Crippen molar-refractivity contribution in [1.82, 2.24) is 25.3 Å². The summed E-state index contributed by atoms with van der Waals surface area (Å²) >= 11 is 3.04. The maximum Gasteiger partial charge on any atom is 0.336 e. The van der Waals surface area contributed by atoms with Gasteiger partial charge in [-0.05, 0) is 34.1 Å². The van der Waals surface area contributed by atoms with Crippen LogP contribution in [0.4, 0.5) is 0 Å². The summed E-state index contributed by atoms with van der Waals surface area (Å²) in [4.78, 5) is 10.8. The second-order valence-corrected chi connectivity index (χ2v) is 6.22. The summed E-state index contributed by atoms with van der Waals surface area (Å²) in [5.41, 5.74) is -0.146. The van der Waals surface area contributed by atoms with Gasteiger partial charge in [-0.2, -0.15) is 5.21 Å². The number of nitrogens with zero attached hydrogens (tertiary/aromatic N) is 3. The molecule has 0 aliphatic rings. The van der Waals surface area contributed by atoms with Gasteiger partial charge in [-0.3, -0.25) is 0 Å². The Morgan fingerprint density at radius 2 is 2.20 bits per heavy atom. The van der Waals surface area contributed by atoms with Crippen molar-refractivity contribution in [2.24, 2.45) is 0 Å². The molecule has 2 aromatic rings. The molecule has 0 fully saturated rings. The molecule has 3 N–H and O–H groups in total. The number of carboxylic acid groups (broad SMARTS) is 1. The number of H-pyrrole nitrogens is 1. The summed E-state index contributed by atoms with van der Waals surface area (Å²) < 4.78 is 26.6. The zero-order valence-electron chi connectivity index (χ0n) is 9.74. The first-order chi connectivity index (χ1) is 9.40. The molecule has 1 aromatic carbocycles. The van der Waals surface area contributed by atoms with E-state index in [4.69, 9.17) is 5.11 Å². The molecule has 0 saturated heterocycles. The number of carboxylic acids is 1. The lowest BCUT2D eigenvalue weighted by Gasteiger charge is -2.06. The van der Waals surface area contributed by atoms with Crippen molar-refractivity contribution in [3.8, 4) is 0 Å². The lowest BCUT2D eigenvalue weighted by molar-refractivity contribution is 0.0695. The minimum Gasteiger partial charge on any atom is -0.478 e. The SMILES string of the molecule is O=C(O)c1cc(S(=O)(=O)NCc2nn[nH]n2)ccc1Br. The fraction of sp³-hybridized carbons (Fsp3) is 0.111. The average molecular weight is 362 g/mol. The summed E-state index contributed by atoms with van der Waals surface area (Å²) in [6.45, 7) is -0.155. The molecule has 9 nitrogen and oxygen atoms in total. The number of aromatic carboxylic acids is 1. The molecular weight excluding hydrogens is 354 g/mol. The van der Waals surface area contributed by atoms with Crippen molar-refractivity contribution in [2.75, 3.05) is 0 Å². The third-order valence-corrected chi connectivity index (χ3v) is 4.38. The van der Waals surface area contributed by atoms with Gasteiger partial charge in [0.05, 0.1) is 17.0 Å². The normalized spacial score (nSPS) is 11.4. The number of carbonyl (C=O) groups is 1. The Bertz CT molecular complexity index is 731. The van der Waals surface area contributed by atoms with Crippen molar-refractivity contribution in [3.63, 3.8) is 0 Å². The van der Waals surface area contributed by atoms with Crippen LogP contribution in [-0.4, -0.2) is 40.1 Å². The van der Waals surface area contributed by atoms with E-state index in [0.717, 1.165) is 6.07 Å². The van der Waals surface area contributed by atoms with Gasteiger partial charge in [-0.1, -0.05) is 5.21 Å². The van der Waals surface area contributed by atoms with Crippen molar-refractivity contribution >= 4 is 31.9 Å². The number of halogens is 1. The fourth-order valence-corrected chi connectivity index (χ4v) is 2.76. The molecule has 2 rings (SSSR count). The van der Waals surface area contributed by atoms with Gasteiger partial charge in [0, 0.05) is 4.47 Å². The van der Waals surface area contributed by atoms with Crippen molar-refractivity contribution in [1.29, 1.82) is 0 Å². The first-order valence-corrected chi connectivity index (χ1v) is 7.42. The van der Waals surface area contributed by atoms with Crippen molar-refractivity contribution in [3.05, 3.63) is 34.1 Å². The third kappa shape index (κ3) is 3.18. The molecule has 106 valence electrons. The van der Waals surface area contributed by atoms with Crippen LogP contribution < -0.4 is 4.72 Å². The molecule has 1 aromatic heterocycles. The maximum absolute atomic E-state index is 12.0. The number of hydrogen-bond acceptors (Lipinski definition) is 6. The quantitative estimate of drug-likeness (QED) is 0.688. The number of rotatable bonds is 5. The third-order valence-electron chi connectivity index (χ3n) is 2.29. The first-order valence-electron chi connectivity index (χ1n) is 5.15. The van der Waals surface area contributed by atoms with Crippen LogP contribution in [0.25, 0.3) is 0 Å². The number of benzene rings is 1. The van der Waals surface area contributed by atoms with Crippen LogP contribution in [0.2, 0.25) is 0 Å². The minimum atomic E-state index is -3.86. The second-order valence-electron chi connectivity index (χ2n) is 3.60. The second kappa shape index (κ2) is 5.64. The van der Waals surface area contributed by atoms with Gasteiger partial charge in [0.15, 0.2) is 5.82 Å². The van der Waals surface area contributed by atoms with Crippen molar-refractivity contribution < 1.29 is 18.3 Å². The number of nitrogens with one attached hydrogen (secondary N) is 2. The highest BCUT2D eigenvalue weighted by Crippen LogP contribution is 2.21. The molecule has 0 amide bonds. The van der Waals surface area contributed by atoms with Crippen LogP contribution in [-0.2, 0) is 16.6 Å². The van der Waals surface area contributed by atoms with E-state index < -0.39 is 16.0 Å². The molecule has 11 heteroatoms. The smallest absolute Gasteiger partial charge is 0.336 e. The summed E-state index contributed by atoms with van der Waals surface area (Å²) in [7, 11) is -3.86. The molecule has 0 aliphatic heterocycles. The number of hydrogen-bond donors (Lipinski definition) is 3. The number of aromatic nitrogens is 4. The van der Waals surface area contributed by atoms with Gasteiger partial charge in [0.1, 0.15) is 0 Å². The lowest BCUT2D eigenvalue weighted by Crippen LogP contribution is -2.24. The molecule has 0 atom stereocenters. The Hall–Kier alpha value is -1.85. The number of tetrazole rings is 1. The largest absolute Gasteiger partial charge is 0.478 e. The van der Waals surface area contributed by atoms with E-state index in [-0.39, 0.29) is 22.8 Å². The van der Waals surface area contributed by atoms with E-state index in [9.17, 15) is 13.2 Å². The van der Waals surface area contributed by atoms with Crippen LogP contribution in [0.5, 0.6) is 0 Å². The molecule has 20 heavy (non-hydrogen) atoms. The highest BCUT2D eigenvalue weighted by atomic mass is 79.9. The van der Waals surface area contributed by atoms with Gasteiger partial charge in [-0.25, -0.2) is 17.9 Å². The number of sulfonamides is 1. The summed E-state index contributed by atoms with van der Waals surface area (Å²) in [6.07, 6.45) is 0. The highest BCUT2D eigenvalue weighted by molar-refractivity contribution is 9.10. The van der Waals surface area contributed by atoms with Gasteiger partial charge >= 0.3 is 5.97 Å². The predicted molar refractivity (Wildman–Crippen MR) is 69.3 cm³/mol. The van der Waals surface area contributed by atoms with Crippen LogP contribution in [0.1, 0.15) is 16.2 Å². The zero-order valence-corrected chi connectivity index (χ0v) is 12.1. The molecule has 0 aliphatic carbocycles. The Balaban J connectivity index is 2.25. The minimum absolute atomic E-state index is 0.146. The lowest BCUT2D eigenvalue weighted by atomic mass is 10.2. The van der Waals surface area contributed by atoms with Crippen LogP contribution >= 0.6 is 15.9 Å². The standard InChI is InChI=1S/C9H8BrN5O4S/c10-7-2-1-5(3-6(7)9(16)17)20(18,19)11-4-8-12-14-15-13-8/h1-3,11H,4H2,(H,16,17)(H,12,13,14,15). The monoisotopic (exact) mass is 361 g/mol. The molecule has 1 heterocycles. The van der Waals surface area contributed by atoms with Gasteiger partial charge in [0.25, 0.3) is 0 Å². The Morgan fingerprint density at radius 3 is 2.80 bits per heavy atom. The van der Waals surface area contributed by atoms with Crippen LogP contribution in [0.15, 0.2) is 27.6 Å². The summed E-state index contributed by atoms with van der Waals surface area (Å²) in [5.74, 6) is -1.06. The van der Waals surface area contributed by atoms with E-state index in [1.165, 1.54) is 12.1 Å². The topological polar surface area (TPSA) is 138 Å². The average Bonchev–Trinajstić information content (AvgIpc) is 2.89. The highest BCUT2D eigenvalue weighted by Gasteiger charge is 2.18. The Morgan fingerprint density at radius 1 is 1.45 bits per heavy atom. The van der Waals surface area contributed by atoms with E-state index in [1.54, 1.807) is 0 Å². The van der Waals surface area contributed by atoms with Gasteiger partial charge in [-0.15, -0.1) is 10.2 Å². The van der Waals surface area contributed by atoms with Crippen LogP contribution in [0.3, 0.4) is 0 Å². The van der Waals surface area contributed by atoms with E-state index in [0.29, 0.717) is 4.47 Å². The van der Waals surface area contributed by atoms with E-state index in [2.05, 4.69) is 41.3 Å².